The summed E-state index contributed by atoms with van der Waals surface area (Å²) in [6.45, 7) is 2.41. The van der Waals surface area contributed by atoms with E-state index in [9.17, 15) is 0 Å². The first-order chi connectivity index (χ1) is 6.75. The molecule has 0 bridgehead atoms. The minimum absolute atomic E-state index is 0.484. The average molecular weight is 193 g/mol. The van der Waals surface area contributed by atoms with Gasteiger partial charge in [-0.15, -0.1) is 0 Å². The van der Waals surface area contributed by atoms with Crippen LogP contribution in [0.2, 0.25) is 0 Å². The zero-order valence-corrected chi connectivity index (χ0v) is 9.34. The Balaban J connectivity index is 1.88. The van der Waals surface area contributed by atoms with Gasteiger partial charge in [-0.25, -0.2) is 0 Å². The van der Waals surface area contributed by atoms with Crippen LogP contribution >= 0.6 is 0 Å². The van der Waals surface area contributed by atoms with E-state index in [0.717, 1.165) is 11.8 Å². The van der Waals surface area contributed by atoms with E-state index in [0.29, 0.717) is 6.04 Å². The lowest BCUT2D eigenvalue weighted by Gasteiger charge is -2.33. The summed E-state index contributed by atoms with van der Waals surface area (Å²) in [6.07, 6.45) is 11.7. The van der Waals surface area contributed by atoms with Gasteiger partial charge >= 0.3 is 0 Å². The molecule has 3 unspecified atom stereocenters. The van der Waals surface area contributed by atoms with Crippen LogP contribution in [0.3, 0.4) is 0 Å². The molecule has 1 nitrogen and oxygen atoms in total. The van der Waals surface area contributed by atoms with Crippen LogP contribution in [-0.4, -0.2) is 6.04 Å². The predicted octanol–water partition coefficient (Wildman–Crippen LogP) is 3.25. The molecule has 2 aliphatic rings. The second kappa shape index (κ2) is 4.48. The molecule has 14 heavy (non-hydrogen) atoms. The van der Waals surface area contributed by atoms with Crippen molar-refractivity contribution in [2.24, 2.45) is 17.6 Å². The van der Waals surface area contributed by atoms with Gasteiger partial charge in [0.25, 0.3) is 0 Å². The van der Waals surface area contributed by atoms with Gasteiger partial charge < -0.3 is 5.73 Å². The quantitative estimate of drug-likeness (QED) is 0.669. The Kier molecular flexibility index (Phi) is 3.27. The molecule has 3 atom stereocenters. The molecule has 0 aromatic rings. The van der Waals surface area contributed by atoms with Gasteiger partial charge in [0.15, 0.2) is 0 Å². The monoisotopic (exact) mass is 193 g/mol. The van der Waals surface area contributed by atoms with Crippen LogP contribution in [0, 0.1) is 11.8 Å². The van der Waals surface area contributed by atoms with Gasteiger partial charge in [-0.3, -0.25) is 0 Å². The van der Waals surface area contributed by atoms with E-state index >= 15 is 0 Å². The van der Waals surface area contributed by atoms with Crippen LogP contribution in [0.15, 0.2) is 11.6 Å². The topological polar surface area (TPSA) is 26.0 Å². The summed E-state index contributed by atoms with van der Waals surface area (Å²) < 4.78 is 0. The second-order valence-corrected chi connectivity index (χ2v) is 5.27. The molecule has 80 valence electrons. The maximum absolute atomic E-state index is 6.04. The Morgan fingerprint density at radius 3 is 3.00 bits per heavy atom. The van der Waals surface area contributed by atoms with E-state index in [-0.39, 0.29) is 0 Å². The summed E-state index contributed by atoms with van der Waals surface area (Å²) in [5, 5.41) is 0. The van der Waals surface area contributed by atoms with E-state index in [1.54, 1.807) is 5.57 Å². The smallest absolute Gasteiger partial charge is 0.00417 e. The molecule has 1 fully saturated rings. The van der Waals surface area contributed by atoms with Gasteiger partial charge in [0, 0.05) is 6.04 Å². The van der Waals surface area contributed by atoms with E-state index in [2.05, 4.69) is 13.0 Å². The molecule has 2 aliphatic carbocycles. The molecule has 0 saturated heterocycles. The third-order valence-electron chi connectivity index (χ3n) is 4.06. The van der Waals surface area contributed by atoms with Gasteiger partial charge in [-0.2, -0.15) is 0 Å². The van der Waals surface area contributed by atoms with E-state index in [1.165, 1.54) is 44.9 Å². The minimum atomic E-state index is 0.484. The standard InChI is InChI=1S/C13H23N/c1-10-6-7-13(14)9-12(10)8-11-4-2-3-5-11/h4,10,12-13H,2-3,5-9,14H2,1H3. The van der Waals surface area contributed by atoms with Crippen molar-refractivity contribution in [3.8, 4) is 0 Å². The summed E-state index contributed by atoms with van der Waals surface area (Å²) in [4.78, 5) is 0. The Morgan fingerprint density at radius 1 is 1.43 bits per heavy atom. The molecule has 0 aromatic carbocycles. The van der Waals surface area contributed by atoms with Crippen molar-refractivity contribution in [1.29, 1.82) is 0 Å². The molecule has 1 heteroatoms. The van der Waals surface area contributed by atoms with Crippen molar-refractivity contribution in [3.05, 3.63) is 11.6 Å². The van der Waals surface area contributed by atoms with Gasteiger partial charge in [0.05, 0.1) is 0 Å². The summed E-state index contributed by atoms with van der Waals surface area (Å²) in [5.41, 5.74) is 7.76. The summed E-state index contributed by atoms with van der Waals surface area (Å²) >= 11 is 0. The lowest BCUT2D eigenvalue weighted by Crippen LogP contribution is -2.32. The SMILES string of the molecule is CC1CCC(N)CC1CC1=CCCC1. The van der Waals surface area contributed by atoms with Crippen molar-refractivity contribution < 1.29 is 0 Å². The van der Waals surface area contributed by atoms with E-state index < -0.39 is 0 Å². The maximum atomic E-state index is 6.04. The van der Waals surface area contributed by atoms with Crippen LogP contribution in [-0.2, 0) is 0 Å². The highest BCUT2D eigenvalue weighted by Crippen LogP contribution is 2.35. The van der Waals surface area contributed by atoms with Crippen LogP contribution in [0.5, 0.6) is 0 Å². The van der Waals surface area contributed by atoms with Crippen LogP contribution < -0.4 is 5.73 Å². The van der Waals surface area contributed by atoms with E-state index in [4.69, 9.17) is 5.73 Å². The van der Waals surface area contributed by atoms with Gasteiger partial charge in [0.1, 0.15) is 0 Å². The first kappa shape index (κ1) is 10.2. The highest BCUT2D eigenvalue weighted by atomic mass is 14.6. The third-order valence-corrected chi connectivity index (χ3v) is 4.06. The third kappa shape index (κ3) is 2.38. The fraction of sp³-hybridized carbons (Fsp3) is 0.846. The predicted molar refractivity (Wildman–Crippen MR) is 61.0 cm³/mol. The van der Waals surface area contributed by atoms with E-state index in [1.807, 2.05) is 0 Å². The lowest BCUT2D eigenvalue weighted by atomic mass is 9.75. The Morgan fingerprint density at radius 2 is 2.29 bits per heavy atom. The number of allylic oxidation sites excluding steroid dienone is 2. The van der Waals surface area contributed by atoms with Crippen molar-refractivity contribution in [1.82, 2.24) is 0 Å². The Hall–Kier alpha value is -0.300. The number of rotatable bonds is 2. The van der Waals surface area contributed by atoms with Crippen LogP contribution in [0.25, 0.3) is 0 Å². The minimum Gasteiger partial charge on any atom is -0.328 e. The zero-order chi connectivity index (χ0) is 9.97. The van der Waals surface area contributed by atoms with Crippen molar-refractivity contribution in [2.45, 2.75) is 57.9 Å². The largest absolute Gasteiger partial charge is 0.328 e. The molecule has 2 rings (SSSR count). The number of hydrogen-bond donors (Lipinski definition) is 1. The van der Waals surface area contributed by atoms with Crippen LogP contribution in [0.4, 0.5) is 0 Å². The van der Waals surface area contributed by atoms with Gasteiger partial charge in [0.2, 0.25) is 0 Å². The Bertz CT molecular complexity index is 219. The molecule has 1 saturated carbocycles. The molecule has 0 heterocycles. The summed E-state index contributed by atoms with van der Waals surface area (Å²) in [5.74, 6) is 1.78. The number of hydrogen-bond acceptors (Lipinski definition) is 1. The first-order valence-corrected chi connectivity index (χ1v) is 6.19. The fourth-order valence-electron chi connectivity index (χ4n) is 3.00. The Labute approximate surface area is 87.8 Å². The summed E-state index contributed by atoms with van der Waals surface area (Å²) in [7, 11) is 0. The normalized spacial score (nSPS) is 38.4. The molecular weight excluding hydrogens is 170 g/mol. The zero-order valence-electron chi connectivity index (χ0n) is 9.34. The lowest BCUT2D eigenvalue weighted by molar-refractivity contribution is 0.230. The molecule has 0 aliphatic heterocycles. The average Bonchev–Trinajstić information content (AvgIpc) is 2.64. The van der Waals surface area contributed by atoms with Crippen LogP contribution in [0.1, 0.15) is 51.9 Å². The molecular formula is C13H23N. The molecule has 0 spiro atoms. The molecule has 0 radical (unpaired) electrons. The van der Waals surface area contributed by atoms with Crippen molar-refractivity contribution in [2.75, 3.05) is 0 Å². The molecule has 2 N–H and O–H groups in total. The second-order valence-electron chi connectivity index (χ2n) is 5.27. The summed E-state index contributed by atoms with van der Waals surface area (Å²) in [6, 6.07) is 0.484. The van der Waals surface area contributed by atoms with Crippen molar-refractivity contribution in [3.63, 3.8) is 0 Å². The molecule has 0 amide bonds. The van der Waals surface area contributed by atoms with Gasteiger partial charge in [-0.05, 0) is 56.8 Å². The highest BCUT2D eigenvalue weighted by molar-refractivity contribution is 5.09. The van der Waals surface area contributed by atoms with Crippen molar-refractivity contribution >= 4 is 0 Å². The molecule has 0 aromatic heterocycles. The maximum Gasteiger partial charge on any atom is 0.00417 e. The fourth-order valence-corrected chi connectivity index (χ4v) is 3.00. The first-order valence-electron chi connectivity index (χ1n) is 6.19. The van der Waals surface area contributed by atoms with Gasteiger partial charge in [-0.1, -0.05) is 18.6 Å². The highest BCUT2D eigenvalue weighted by Gasteiger charge is 2.26. The number of nitrogens with two attached hydrogens (primary N) is 1.